The van der Waals surface area contributed by atoms with Crippen molar-refractivity contribution in [3.8, 4) is 0 Å². The van der Waals surface area contributed by atoms with Crippen LogP contribution in [0.15, 0.2) is 18.2 Å². The molecule has 2 N–H and O–H groups in total. The number of ether oxygens (including phenoxy) is 4. The summed E-state index contributed by atoms with van der Waals surface area (Å²) in [6, 6.07) is 3.51. The third-order valence-corrected chi connectivity index (χ3v) is 10.5. The molecule has 262 valence electrons. The molecule has 4 heterocycles. The van der Waals surface area contributed by atoms with Crippen molar-refractivity contribution >= 4 is 41.6 Å². The molecule has 0 radical (unpaired) electrons. The van der Waals surface area contributed by atoms with Crippen molar-refractivity contribution in [2.24, 2.45) is 5.92 Å². The molecule has 1 aliphatic carbocycles. The van der Waals surface area contributed by atoms with Gasteiger partial charge in [0.15, 0.2) is 0 Å². The third-order valence-electron chi connectivity index (χ3n) is 10.2. The molecule has 6 atom stereocenters. The van der Waals surface area contributed by atoms with Crippen LogP contribution in [0.25, 0.3) is 0 Å². The van der Waals surface area contributed by atoms with Gasteiger partial charge in [-0.1, -0.05) is 55.8 Å². The predicted octanol–water partition coefficient (Wildman–Crippen LogP) is 3.83. The predicted molar refractivity (Wildman–Crippen MR) is 172 cm³/mol. The van der Waals surface area contributed by atoms with Gasteiger partial charge in [0.25, 0.3) is 0 Å². The number of carbonyl (C=O) groups is 5. The monoisotopic (exact) mass is 688 g/mol. The van der Waals surface area contributed by atoms with Gasteiger partial charge in [0.1, 0.15) is 29.8 Å². The van der Waals surface area contributed by atoms with Crippen molar-refractivity contribution in [3.05, 3.63) is 34.3 Å². The summed E-state index contributed by atoms with van der Waals surface area (Å²) in [4.78, 5) is 70.7. The van der Waals surface area contributed by atoms with Crippen molar-refractivity contribution in [1.29, 1.82) is 0 Å². The Hall–Kier alpha value is -3.58. The Morgan fingerprint density at radius 1 is 1.04 bits per heavy atom. The highest BCUT2D eigenvalue weighted by Gasteiger charge is 2.62. The van der Waals surface area contributed by atoms with Crippen molar-refractivity contribution in [3.63, 3.8) is 0 Å². The Labute approximate surface area is 285 Å². The normalized spacial score (nSPS) is 30.6. The van der Waals surface area contributed by atoms with Crippen LogP contribution in [0, 0.1) is 5.92 Å². The van der Waals surface area contributed by atoms with E-state index in [2.05, 4.69) is 10.6 Å². The van der Waals surface area contributed by atoms with Crippen LogP contribution in [-0.4, -0.2) is 96.0 Å². The standard InChI is InChI=1S/C34H45ClN4O9/c1-2-46-31(42)34-16-22(34)10-6-4-3-5-7-12-27(36-32(43)47-23-13-14-45-20-23)30(41)39-18-24(15-28(39)29(40)37-34)48-33(44)38-17-21-9-8-11-26(35)25(21)19-38/h8-9,11,22-24,27-28H,2-7,10,12-20H2,1H3,(H,36,43)(H,37,40)/t22-,23-,24-,27+,28+,34-/m1/s1. The molecule has 0 unspecified atom stereocenters. The first-order valence-electron chi connectivity index (χ1n) is 17.2. The zero-order valence-corrected chi connectivity index (χ0v) is 28.1. The smallest absolute Gasteiger partial charge is 0.410 e. The number of rotatable bonds is 5. The lowest BCUT2D eigenvalue weighted by atomic mass is 10.0. The zero-order chi connectivity index (χ0) is 33.8. The molecule has 0 aromatic heterocycles. The van der Waals surface area contributed by atoms with Gasteiger partial charge in [-0.05, 0) is 49.3 Å². The second kappa shape index (κ2) is 14.9. The molecule has 13 nitrogen and oxygen atoms in total. The Morgan fingerprint density at radius 2 is 1.83 bits per heavy atom. The molecule has 4 fully saturated rings. The highest BCUT2D eigenvalue weighted by Crippen LogP contribution is 2.48. The summed E-state index contributed by atoms with van der Waals surface area (Å²) < 4.78 is 22.1. The van der Waals surface area contributed by atoms with E-state index in [1.54, 1.807) is 13.0 Å². The van der Waals surface area contributed by atoms with E-state index < -0.39 is 59.8 Å². The largest absolute Gasteiger partial charge is 0.464 e. The number of fused-ring (bicyclic) bond motifs is 3. The second-order valence-electron chi connectivity index (χ2n) is 13.5. The third kappa shape index (κ3) is 7.51. The summed E-state index contributed by atoms with van der Waals surface area (Å²) in [6.45, 7) is 3.26. The van der Waals surface area contributed by atoms with Crippen LogP contribution in [0.4, 0.5) is 9.59 Å². The van der Waals surface area contributed by atoms with Gasteiger partial charge in [-0.15, -0.1) is 0 Å². The Kier molecular flexibility index (Phi) is 10.6. The minimum atomic E-state index is -1.15. The van der Waals surface area contributed by atoms with Gasteiger partial charge in [-0.2, -0.15) is 0 Å². The quantitative estimate of drug-likeness (QED) is 0.347. The molecule has 0 bridgehead atoms. The van der Waals surface area contributed by atoms with Gasteiger partial charge >= 0.3 is 18.2 Å². The van der Waals surface area contributed by atoms with Crippen molar-refractivity contribution < 1.29 is 42.9 Å². The number of esters is 1. The minimum Gasteiger partial charge on any atom is -0.464 e. The maximum absolute atomic E-state index is 14.3. The van der Waals surface area contributed by atoms with Crippen molar-refractivity contribution in [2.45, 2.75) is 114 Å². The molecule has 1 aromatic carbocycles. The Bertz CT molecular complexity index is 1400. The van der Waals surface area contributed by atoms with E-state index in [1.807, 2.05) is 12.1 Å². The average Bonchev–Trinajstić information content (AvgIpc) is 3.49. The molecular weight excluding hydrogens is 644 g/mol. The van der Waals surface area contributed by atoms with Gasteiger partial charge in [-0.3, -0.25) is 14.5 Å². The topological polar surface area (TPSA) is 153 Å². The molecule has 6 rings (SSSR count). The molecule has 1 aromatic rings. The number of halogens is 1. The Morgan fingerprint density at radius 3 is 2.58 bits per heavy atom. The number of nitrogens with zero attached hydrogens (tertiary/aromatic N) is 2. The number of nitrogens with one attached hydrogen (secondary N) is 2. The van der Waals surface area contributed by atoms with E-state index >= 15 is 0 Å². The summed E-state index contributed by atoms with van der Waals surface area (Å²) in [5.41, 5.74) is 0.640. The van der Waals surface area contributed by atoms with Gasteiger partial charge < -0.3 is 34.5 Å². The van der Waals surface area contributed by atoms with E-state index in [0.29, 0.717) is 50.5 Å². The minimum absolute atomic E-state index is 0.0327. The molecule has 14 heteroatoms. The molecule has 4 aliphatic heterocycles. The fraction of sp³-hybridized carbons (Fsp3) is 0.676. The van der Waals surface area contributed by atoms with Crippen LogP contribution in [0.3, 0.4) is 0 Å². The molecular formula is C34H45ClN4O9. The number of hydrogen-bond donors (Lipinski definition) is 2. The van der Waals surface area contributed by atoms with E-state index in [4.69, 9.17) is 30.5 Å². The number of amides is 4. The van der Waals surface area contributed by atoms with Crippen molar-refractivity contribution in [2.75, 3.05) is 26.4 Å². The van der Waals surface area contributed by atoms with Crippen LogP contribution >= 0.6 is 11.6 Å². The van der Waals surface area contributed by atoms with Gasteiger partial charge in [0, 0.05) is 24.4 Å². The average molecular weight is 689 g/mol. The van der Waals surface area contributed by atoms with Crippen molar-refractivity contribution in [1.82, 2.24) is 20.4 Å². The first kappa shape index (κ1) is 34.3. The highest BCUT2D eigenvalue weighted by atomic mass is 35.5. The maximum Gasteiger partial charge on any atom is 0.410 e. The fourth-order valence-electron chi connectivity index (χ4n) is 7.46. The summed E-state index contributed by atoms with van der Waals surface area (Å²) in [6.07, 6.45) is 4.03. The van der Waals surface area contributed by atoms with E-state index in [9.17, 15) is 24.0 Å². The SMILES string of the molecule is CCOC(=O)[C@@]12C[C@H]1CCCCCCC[C@H](NC(=O)O[C@@H]1CCOC1)C(=O)N1C[C@H](OC(=O)N3Cc4cccc(Cl)c4C3)C[C@H]1C(=O)N2. The second-order valence-corrected chi connectivity index (χ2v) is 13.9. The van der Waals surface area contributed by atoms with Crippen LogP contribution in [0.1, 0.15) is 82.3 Å². The fourth-order valence-corrected chi connectivity index (χ4v) is 7.71. The van der Waals surface area contributed by atoms with Crippen LogP contribution in [0.5, 0.6) is 0 Å². The van der Waals surface area contributed by atoms with E-state index in [1.165, 1.54) is 9.80 Å². The first-order valence-corrected chi connectivity index (χ1v) is 17.6. The number of benzene rings is 1. The molecule has 48 heavy (non-hydrogen) atoms. The molecule has 4 amide bonds. The van der Waals surface area contributed by atoms with E-state index in [-0.39, 0.29) is 32.0 Å². The molecule has 1 saturated carbocycles. The Balaban J connectivity index is 1.21. The van der Waals surface area contributed by atoms with Crippen LogP contribution in [0.2, 0.25) is 5.02 Å². The van der Waals surface area contributed by atoms with Gasteiger partial charge in [-0.25, -0.2) is 14.4 Å². The maximum atomic E-state index is 14.3. The summed E-state index contributed by atoms with van der Waals surface area (Å²) in [5.74, 6) is -1.52. The molecule has 5 aliphatic rings. The lowest BCUT2D eigenvalue weighted by Gasteiger charge is -2.29. The number of hydrogen-bond acceptors (Lipinski definition) is 9. The summed E-state index contributed by atoms with van der Waals surface area (Å²) in [5, 5.41) is 6.29. The van der Waals surface area contributed by atoms with E-state index in [0.717, 1.165) is 43.2 Å². The first-order chi connectivity index (χ1) is 23.2. The zero-order valence-electron chi connectivity index (χ0n) is 27.4. The van der Waals surface area contributed by atoms with Crippen LogP contribution < -0.4 is 10.6 Å². The molecule has 3 saturated heterocycles. The highest BCUT2D eigenvalue weighted by molar-refractivity contribution is 6.31. The number of alkyl carbamates (subject to hydrolysis) is 1. The van der Waals surface area contributed by atoms with Gasteiger partial charge in [0.05, 0.1) is 32.9 Å². The molecule has 0 spiro atoms. The number of carbonyl (C=O) groups excluding carboxylic acids is 5. The van der Waals surface area contributed by atoms with Crippen LogP contribution in [-0.2, 0) is 46.4 Å². The lowest BCUT2D eigenvalue weighted by Crippen LogP contribution is -2.56. The summed E-state index contributed by atoms with van der Waals surface area (Å²) >= 11 is 6.36. The van der Waals surface area contributed by atoms with Gasteiger partial charge in [0.2, 0.25) is 11.8 Å². The lowest BCUT2D eigenvalue weighted by molar-refractivity contribution is -0.150. The summed E-state index contributed by atoms with van der Waals surface area (Å²) in [7, 11) is 0.